The summed E-state index contributed by atoms with van der Waals surface area (Å²) in [6.45, 7) is 3.92. The minimum Gasteiger partial charge on any atom is -0.492 e. The molecular formula is C12H16ClNO5S. The third kappa shape index (κ3) is 4.35. The molecule has 1 aromatic rings. The van der Waals surface area contributed by atoms with Crippen molar-refractivity contribution >= 4 is 25.4 Å². The van der Waals surface area contributed by atoms with Crippen molar-refractivity contribution in [2.75, 3.05) is 6.61 Å². The van der Waals surface area contributed by atoms with Gasteiger partial charge in [-0.05, 0) is 18.9 Å². The molecule has 0 fully saturated rings. The van der Waals surface area contributed by atoms with Gasteiger partial charge in [-0.2, -0.15) is 0 Å². The predicted molar refractivity (Wildman–Crippen MR) is 75.9 cm³/mol. The van der Waals surface area contributed by atoms with Crippen LogP contribution in [0.15, 0.2) is 17.0 Å². The Hall–Kier alpha value is -1.34. The van der Waals surface area contributed by atoms with Crippen LogP contribution in [0.1, 0.15) is 31.7 Å². The second-order valence-electron chi connectivity index (χ2n) is 4.34. The first kappa shape index (κ1) is 16.7. The number of halogens is 1. The molecule has 8 heteroatoms. The molecule has 0 bridgehead atoms. The molecule has 0 heterocycles. The third-order valence-electron chi connectivity index (χ3n) is 2.69. The number of hydrogen-bond donors (Lipinski definition) is 0. The molecule has 0 radical (unpaired) electrons. The summed E-state index contributed by atoms with van der Waals surface area (Å²) in [4.78, 5) is 9.74. The first-order valence-corrected chi connectivity index (χ1v) is 8.44. The van der Waals surface area contributed by atoms with Gasteiger partial charge < -0.3 is 4.74 Å². The maximum Gasteiger partial charge on any atom is 0.271 e. The highest BCUT2D eigenvalue weighted by Crippen LogP contribution is 2.34. The summed E-state index contributed by atoms with van der Waals surface area (Å²) in [5.74, 6) is 0.0849. The van der Waals surface area contributed by atoms with Crippen molar-refractivity contribution in [1.29, 1.82) is 0 Å². The normalized spacial score (nSPS) is 11.3. The van der Waals surface area contributed by atoms with Crippen LogP contribution in [0, 0.1) is 17.0 Å². The van der Waals surface area contributed by atoms with Crippen LogP contribution in [-0.4, -0.2) is 19.9 Å². The maximum absolute atomic E-state index is 11.5. The number of rotatable bonds is 7. The van der Waals surface area contributed by atoms with E-state index in [0.29, 0.717) is 12.2 Å². The van der Waals surface area contributed by atoms with Crippen LogP contribution in [0.3, 0.4) is 0 Å². The van der Waals surface area contributed by atoms with E-state index in [0.717, 1.165) is 25.3 Å². The Morgan fingerprint density at radius 1 is 1.35 bits per heavy atom. The number of aryl methyl sites for hydroxylation is 1. The lowest BCUT2D eigenvalue weighted by Crippen LogP contribution is -2.05. The molecule has 0 aromatic heterocycles. The molecule has 20 heavy (non-hydrogen) atoms. The van der Waals surface area contributed by atoms with Gasteiger partial charge in [0.2, 0.25) is 0 Å². The zero-order valence-corrected chi connectivity index (χ0v) is 12.8. The van der Waals surface area contributed by atoms with Crippen molar-refractivity contribution < 1.29 is 18.1 Å². The first-order valence-electron chi connectivity index (χ1n) is 6.14. The summed E-state index contributed by atoms with van der Waals surface area (Å²) in [5.41, 5.74) is 0.0394. The van der Waals surface area contributed by atoms with E-state index < -0.39 is 14.0 Å². The van der Waals surface area contributed by atoms with Gasteiger partial charge >= 0.3 is 0 Å². The summed E-state index contributed by atoms with van der Waals surface area (Å²) in [6, 6.07) is 2.19. The number of nitro groups is 1. The Morgan fingerprint density at radius 2 is 2.00 bits per heavy atom. The van der Waals surface area contributed by atoms with Crippen LogP contribution in [0.5, 0.6) is 5.75 Å². The van der Waals surface area contributed by atoms with Gasteiger partial charge in [-0.1, -0.05) is 19.8 Å². The fourth-order valence-electron chi connectivity index (χ4n) is 1.72. The molecule has 112 valence electrons. The zero-order chi connectivity index (χ0) is 15.3. The first-order chi connectivity index (χ1) is 9.27. The molecule has 0 atom stereocenters. The Morgan fingerprint density at radius 3 is 2.50 bits per heavy atom. The Labute approximate surface area is 122 Å². The lowest BCUT2D eigenvalue weighted by atomic mass is 10.2. The van der Waals surface area contributed by atoms with E-state index in [9.17, 15) is 18.5 Å². The van der Waals surface area contributed by atoms with Crippen molar-refractivity contribution in [3.05, 3.63) is 27.8 Å². The highest BCUT2D eigenvalue weighted by Gasteiger charge is 2.23. The standard InChI is InChI=1S/C12H16ClNO5S/c1-3-4-5-6-19-12-9(2)7-10(14(15)16)8-11(12)20(13,17)18/h7-8H,3-6H2,1-2H3. The van der Waals surface area contributed by atoms with Gasteiger partial charge in [-0.25, -0.2) is 8.42 Å². The molecule has 1 rings (SSSR count). The molecule has 0 aliphatic rings. The average molecular weight is 322 g/mol. The molecule has 0 amide bonds. The number of ether oxygens (including phenoxy) is 1. The Balaban J connectivity index is 3.18. The van der Waals surface area contributed by atoms with Gasteiger partial charge in [0.25, 0.3) is 14.7 Å². The third-order valence-corrected chi connectivity index (χ3v) is 4.02. The lowest BCUT2D eigenvalue weighted by molar-refractivity contribution is -0.385. The number of hydrogen-bond acceptors (Lipinski definition) is 5. The van der Waals surface area contributed by atoms with Crippen molar-refractivity contribution in [2.24, 2.45) is 0 Å². The van der Waals surface area contributed by atoms with E-state index in [4.69, 9.17) is 15.4 Å². The molecule has 0 N–H and O–H groups in total. The minimum absolute atomic E-state index is 0.0849. The van der Waals surface area contributed by atoms with Crippen LogP contribution < -0.4 is 4.74 Å². The van der Waals surface area contributed by atoms with E-state index in [2.05, 4.69) is 0 Å². The topological polar surface area (TPSA) is 86.5 Å². The summed E-state index contributed by atoms with van der Waals surface area (Å²) in [5, 5.41) is 10.8. The molecular weight excluding hydrogens is 306 g/mol. The number of unbranched alkanes of at least 4 members (excludes halogenated alkanes) is 2. The van der Waals surface area contributed by atoms with E-state index in [1.165, 1.54) is 6.07 Å². The van der Waals surface area contributed by atoms with Crippen molar-refractivity contribution in [3.63, 3.8) is 0 Å². The lowest BCUT2D eigenvalue weighted by Gasteiger charge is -2.12. The molecule has 0 saturated carbocycles. The maximum atomic E-state index is 11.5. The molecule has 0 saturated heterocycles. The highest BCUT2D eigenvalue weighted by atomic mass is 35.7. The van der Waals surface area contributed by atoms with Gasteiger partial charge in [0.05, 0.1) is 11.5 Å². The van der Waals surface area contributed by atoms with E-state index >= 15 is 0 Å². The van der Waals surface area contributed by atoms with Crippen molar-refractivity contribution in [2.45, 2.75) is 38.0 Å². The van der Waals surface area contributed by atoms with Gasteiger partial charge in [-0.3, -0.25) is 10.1 Å². The summed E-state index contributed by atoms with van der Waals surface area (Å²) in [6.07, 6.45) is 2.73. The van der Waals surface area contributed by atoms with Gasteiger partial charge in [0.1, 0.15) is 10.6 Å². The fraction of sp³-hybridized carbons (Fsp3) is 0.500. The summed E-state index contributed by atoms with van der Waals surface area (Å²) >= 11 is 0. The zero-order valence-electron chi connectivity index (χ0n) is 11.3. The number of nitro benzene ring substituents is 1. The van der Waals surface area contributed by atoms with Gasteiger partial charge in [0, 0.05) is 22.8 Å². The Kier molecular flexibility index (Phi) is 5.76. The quantitative estimate of drug-likeness (QED) is 0.332. The molecule has 0 aliphatic carbocycles. The van der Waals surface area contributed by atoms with Crippen LogP contribution in [0.4, 0.5) is 5.69 Å². The van der Waals surface area contributed by atoms with E-state index in [1.807, 2.05) is 6.92 Å². The van der Waals surface area contributed by atoms with Crippen molar-refractivity contribution in [3.8, 4) is 5.75 Å². The monoisotopic (exact) mass is 321 g/mol. The minimum atomic E-state index is -4.11. The predicted octanol–water partition coefficient (Wildman–Crippen LogP) is 3.40. The molecule has 0 aliphatic heterocycles. The number of benzene rings is 1. The number of nitrogens with zero attached hydrogens (tertiary/aromatic N) is 1. The van der Waals surface area contributed by atoms with Crippen LogP contribution >= 0.6 is 10.7 Å². The van der Waals surface area contributed by atoms with E-state index in [-0.39, 0.29) is 16.3 Å². The summed E-state index contributed by atoms with van der Waals surface area (Å²) < 4.78 is 28.5. The molecule has 0 unspecified atom stereocenters. The molecule has 1 aromatic carbocycles. The van der Waals surface area contributed by atoms with Crippen LogP contribution in [-0.2, 0) is 9.05 Å². The van der Waals surface area contributed by atoms with Gasteiger partial charge in [0.15, 0.2) is 0 Å². The molecule has 0 spiro atoms. The Bertz CT molecular complexity index is 600. The van der Waals surface area contributed by atoms with Crippen LogP contribution in [0.2, 0.25) is 0 Å². The van der Waals surface area contributed by atoms with Crippen LogP contribution in [0.25, 0.3) is 0 Å². The highest BCUT2D eigenvalue weighted by molar-refractivity contribution is 8.13. The second kappa shape index (κ2) is 6.90. The largest absolute Gasteiger partial charge is 0.492 e. The van der Waals surface area contributed by atoms with Crippen molar-refractivity contribution in [1.82, 2.24) is 0 Å². The smallest absolute Gasteiger partial charge is 0.271 e. The fourth-order valence-corrected chi connectivity index (χ4v) is 2.77. The SMILES string of the molecule is CCCCCOc1c(C)cc([N+](=O)[O-])cc1S(=O)(=O)Cl. The number of non-ortho nitro benzene ring substituents is 1. The summed E-state index contributed by atoms with van der Waals surface area (Å²) in [7, 11) is 1.21. The molecule has 6 nitrogen and oxygen atoms in total. The van der Waals surface area contributed by atoms with Gasteiger partial charge in [-0.15, -0.1) is 0 Å². The average Bonchev–Trinajstić information content (AvgIpc) is 2.34. The second-order valence-corrected chi connectivity index (χ2v) is 6.87. The van der Waals surface area contributed by atoms with E-state index in [1.54, 1.807) is 6.92 Å².